The number of rotatable bonds is 1. The van der Waals surface area contributed by atoms with E-state index in [9.17, 15) is 0 Å². The normalized spacial score (nSPS) is 9.60. The molecule has 0 aromatic carbocycles. The van der Waals surface area contributed by atoms with Gasteiger partial charge in [0.05, 0.1) is 14.2 Å². The molecule has 0 heterocycles. The van der Waals surface area contributed by atoms with Gasteiger partial charge in [-0.15, -0.1) is 0 Å². The fourth-order valence-electron chi connectivity index (χ4n) is 0. The molecule has 0 aliphatic rings. The van der Waals surface area contributed by atoms with Crippen LogP contribution >= 0.6 is 0 Å². The second kappa shape index (κ2) is 2.18. The molecular formula is C3H7NO. The first kappa shape index (κ1) is 4.92. The average Bonchev–Trinajstić information content (AvgIpc) is 1.38. The van der Waals surface area contributed by atoms with Crippen molar-refractivity contribution in [2.75, 3.05) is 14.2 Å². The molecule has 5 heavy (non-hydrogen) atoms. The first-order valence-electron chi connectivity index (χ1n) is 1.30. The first-order valence-corrected chi connectivity index (χ1v) is 1.30. The minimum atomic E-state index is 1.12. The van der Waals surface area contributed by atoms with Gasteiger partial charge in [-0.1, -0.05) is 0 Å². The van der Waals surface area contributed by atoms with Crippen molar-refractivity contribution < 1.29 is 4.84 Å². The van der Waals surface area contributed by atoms with Crippen LogP contribution in [0.4, 0.5) is 0 Å². The number of hydrogen-bond acceptors (Lipinski definition) is 2. The summed E-state index contributed by atoms with van der Waals surface area (Å²) in [6, 6.07) is 0. The van der Waals surface area contributed by atoms with Crippen LogP contribution in [-0.2, 0) is 4.84 Å². The summed E-state index contributed by atoms with van der Waals surface area (Å²) in [6.45, 7) is 0. The molecule has 0 fully saturated rings. The van der Waals surface area contributed by atoms with Gasteiger partial charge in [0, 0.05) is 7.05 Å². The van der Waals surface area contributed by atoms with E-state index in [2.05, 4.69) is 4.84 Å². The fraction of sp³-hybridized carbons (Fsp3) is 0.667. The van der Waals surface area contributed by atoms with Gasteiger partial charge in [0.2, 0.25) is 0 Å². The van der Waals surface area contributed by atoms with Crippen LogP contribution in [0.5, 0.6) is 0 Å². The van der Waals surface area contributed by atoms with Crippen LogP contribution in [0.15, 0.2) is 0 Å². The van der Waals surface area contributed by atoms with Gasteiger partial charge in [-0.3, -0.25) is 0 Å². The summed E-state index contributed by atoms with van der Waals surface area (Å²) in [5, 5.41) is 1.12. The van der Waals surface area contributed by atoms with Gasteiger partial charge < -0.3 is 4.84 Å². The Hall–Kier alpha value is -0.0800. The van der Waals surface area contributed by atoms with Gasteiger partial charge in [0.15, 0.2) is 0 Å². The second-order valence-corrected chi connectivity index (χ2v) is 0.729. The Morgan fingerprint density at radius 1 is 1.80 bits per heavy atom. The molecule has 0 saturated heterocycles. The SMILES string of the molecule is [CH]N(C)OC. The van der Waals surface area contributed by atoms with E-state index in [4.69, 9.17) is 7.05 Å². The summed E-state index contributed by atoms with van der Waals surface area (Å²) in [7, 11) is 8.01. The Morgan fingerprint density at radius 3 is 2.00 bits per heavy atom. The topological polar surface area (TPSA) is 12.5 Å². The molecule has 0 spiro atoms. The number of hydrogen-bond donors (Lipinski definition) is 0. The van der Waals surface area contributed by atoms with E-state index in [0.717, 1.165) is 5.06 Å². The quantitative estimate of drug-likeness (QED) is 0.323. The lowest BCUT2D eigenvalue weighted by Crippen LogP contribution is -2.04. The standard InChI is InChI=1S/C3H7NO/c1-4(2)5-3/h1H,2-3H3. The Morgan fingerprint density at radius 2 is 2.00 bits per heavy atom. The van der Waals surface area contributed by atoms with Crippen molar-refractivity contribution in [1.82, 2.24) is 5.06 Å². The van der Waals surface area contributed by atoms with Crippen molar-refractivity contribution in [2.45, 2.75) is 0 Å². The fourth-order valence-corrected chi connectivity index (χ4v) is 0. The zero-order valence-corrected chi connectivity index (χ0v) is 3.43. The molecule has 2 heteroatoms. The molecule has 0 N–H and O–H groups in total. The highest BCUT2D eigenvalue weighted by atomic mass is 16.7. The molecule has 0 aromatic heterocycles. The van der Waals surface area contributed by atoms with Crippen molar-refractivity contribution >= 4 is 0 Å². The Kier molecular flexibility index (Phi) is 2.14. The summed E-state index contributed by atoms with van der Waals surface area (Å²) < 4.78 is 0. The Labute approximate surface area is 32.3 Å². The second-order valence-electron chi connectivity index (χ2n) is 0.729. The third kappa shape index (κ3) is 3.92. The predicted molar refractivity (Wildman–Crippen MR) is 19.1 cm³/mol. The highest BCUT2D eigenvalue weighted by Gasteiger charge is 1.72. The molecule has 0 aromatic rings. The van der Waals surface area contributed by atoms with Crippen LogP contribution in [0.1, 0.15) is 0 Å². The molecule has 0 unspecified atom stereocenters. The van der Waals surface area contributed by atoms with Crippen LogP contribution < -0.4 is 0 Å². The van der Waals surface area contributed by atoms with Gasteiger partial charge in [-0.25, -0.2) is 0 Å². The van der Waals surface area contributed by atoms with Gasteiger partial charge in [-0.05, 0) is 0 Å². The van der Waals surface area contributed by atoms with E-state index in [0.29, 0.717) is 0 Å². The van der Waals surface area contributed by atoms with Gasteiger partial charge in [0.25, 0.3) is 0 Å². The lowest BCUT2D eigenvalue weighted by Gasteiger charge is -2.00. The smallest absolute Gasteiger partial charge is 0.0740 e. The summed E-state index contributed by atoms with van der Waals surface area (Å²) in [4.78, 5) is 4.36. The molecule has 0 rings (SSSR count). The molecule has 0 amide bonds. The lowest BCUT2D eigenvalue weighted by molar-refractivity contribution is -0.0679. The van der Waals surface area contributed by atoms with Crippen LogP contribution in [0.25, 0.3) is 0 Å². The molecule has 0 bridgehead atoms. The molecule has 0 saturated carbocycles. The maximum Gasteiger partial charge on any atom is 0.0740 e. The van der Waals surface area contributed by atoms with Gasteiger partial charge in [-0.2, -0.15) is 5.06 Å². The molecular weight excluding hydrogens is 66.0 g/mol. The van der Waals surface area contributed by atoms with E-state index in [1.165, 1.54) is 7.11 Å². The highest BCUT2D eigenvalue weighted by molar-refractivity contribution is 4.13. The van der Waals surface area contributed by atoms with E-state index in [1.54, 1.807) is 7.05 Å². The highest BCUT2D eigenvalue weighted by Crippen LogP contribution is 1.67. The van der Waals surface area contributed by atoms with E-state index < -0.39 is 0 Å². The predicted octanol–water partition coefficient (Wildman–Crippen LogP) is 0.148. The minimum absolute atomic E-state index is 1.12. The van der Waals surface area contributed by atoms with Crippen molar-refractivity contribution in [3.8, 4) is 0 Å². The zero-order valence-electron chi connectivity index (χ0n) is 3.43. The first-order chi connectivity index (χ1) is 2.27. The number of hydroxylamine groups is 2. The molecule has 0 aliphatic heterocycles. The van der Waals surface area contributed by atoms with Crippen LogP contribution in [0, 0.1) is 7.05 Å². The minimum Gasteiger partial charge on any atom is -0.302 e. The van der Waals surface area contributed by atoms with Gasteiger partial charge >= 0.3 is 0 Å². The summed E-state index contributed by atoms with van der Waals surface area (Å²) in [5.41, 5.74) is 0. The number of nitrogens with zero attached hydrogens (tertiary/aromatic N) is 1. The Bertz CT molecular complexity index is 20.9. The zero-order chi connectivity index (χ0) is 4.28. The molecule has 2 radical (unpaired) electrons. The monoisotopic (exact) mass is 73.1 g/mol. The third-order valence-corrected chi connectivity index (χ3v) is 0.288. The average molecular weight is 73.1 g/mol. The van der Waals surface area contributed by atoms with Crippen molar-refractivity contribution in [3.63, 3.8) is 0 Å². The molecule has 30 valence electrons. The van der Waals surface area contributed by atoms with E-state index in [-0.39, 0.29) is 0 Å². The largest absolute Gasteiger partial charge is 0.302 e. The molecule has 0 atom stereocenters. The molecule has 2 nitrogen and oxygen atoms in total. The van der Waals surface area contributed by atoms with Gasteiger partial charge in [0.1, 0.15) is 0 Å². The van der Waals surface area contributed by atoms with Crippen LogP contribution in [-0.4, -0.2) is 19.2 Å². The van der Waals surface area contributed by atoms with Crippen LogP contribution in [0.2, 0.25) is 0 Å². The maximum atomic E-state index is 4.90. The summed E-state index contributed by atoms with van der Waals surface area (Å²) >= 11 is 0. The van der Waals surface area contributed by atoms with E-state index >= 15 is 0 Å². The summed E-state index contributed by atoms with van der Waals surface area (Å²) in [5.74, 6) is 0. The van der Waals surface area contributed by atoms with Crippen molar-refractivity contribution in [3.05, 3.63) is 7.05 Å². The van der Waals surface area contributed by atoms with Crippen molar-refractivity contribution in [1.29, 1.82) is 0 Å². The Balaban J connectivity index is 2.54. The molecule has 0 aliphatic carbocycles. The maximum absolute atomic E-state index is 4.90. The third-order valence-electron chi connectivity index (χ3n) is 0.288. The van der Waals surface area contributed by atoms with Crippen LogP contribution in [0.3, 0.4) is 0 Å². The van der Waals surface area contributed by atoms with E-state index in [1.807, 2.05) is 0 Å². The summed E-state index contributed by atoms with van der Waals surface area (Å²) in [6.07, 6.45) is 0. The lowest BCUT2D eigenvalue weighted by atomic mass is 11.2. The van der Waals surface area contributed by atoms with Crippen molar-refractivity contribution in [2.24, 2.45) is 0 Å².